The molecule has 3 heterocycles. The van der Waals surface area contributed by atoms with Gasteiger partial charge in [0.1, 0.15) is 11.5 Å². The molecule has 1 aromatic heterocycles. The summed E-state index contributed by atoms with van der Waals surface area (Å²) in [6.07, 6.45) is 0. The molecule has 4 rings (SSSR count). The van der Waals surface area contributed by atoms with Crippen LogP contribution in [0, 0.1) is 12.8 Å². The highest BCUT2D eigenvalue weighted by molar-refractivity contribution is 9.10. The van der Waals surface area contributed by atoms with Crippen molar-refractivity contribution in [1.29, 1.82) is 0 Å². The Morgan fingerprint density at radius 3 is 2.81 bits per heavy atom. The lowest BCUT2D eigenvalue weighted by molar-refractivity contribution is -0.150. The van der Waals surface area contributed by atoms with Crippen molar-refractivity contribution < 1.29 is 19.1 Å². The standard InChI is InChI=1S/C18H18BrN3O4/c1-10-12(3-2-4-13(10)19)17-20-14-7-22(8-15(14)26-17)16(23)9-21-5-11(6-21)18(24)25/h2-4,11H,5-9H2,1H3,(H,24,25). The summed E-state index contributed by atoms with van der Waals surface area (Å²) in [7, 11) is 0. The Morgan fingerprint density at radius 2 is 2.12 bits per heavy atom. The summed E-state index contributed by atoms with van der Waals surface area (Å²) in [5, 5.41) is 8.90. The van der Waals surface area contributed by atoms with Crippen molar-refractivity contribution in [2.24, 2.45) is 5.92 Å². The minimum atomic E-state index is -0.798. The van der Waals surface area contributed by atoms with E-state index in [2.05, 4.69) is 20.9 Å². The summed E-state index contributed by atoms with van der Waals surface area (Å²) in [6.45, 7) is 3.95. The van der Waals surface area contributed by atoms with Gasteiger partial charge in [0.15, 0.2) is 0 Å². The van der Waals surface area contributed by atoms with Crippen LogP contribution in [0.3, 0.4) is 0 Å². The largest absolute Gasteiger partial charge is 0.481 e. The first-order chi connectivity index (χ1) is 12.4. The van der Waals surface area contributed by atoms with Gasteiger partial charge < -0.3 is 14.4 Å². The van der Waals surface area contributed by atoms with Crippen LogP contribution in [-0.4, -0.2) is 51.4 Å². The number of aromatic nitrogens is 1. The second-order valence-electron chi connectivity index (χ2n) is 6.78. The molecule has 1 fully saturated rings. The van der Waals surface area contributed by atoms with E-state index in [0.717, 1.165) is 27.1 Å². The molecule has 7 nitrogen and oxygen atoms in total. The van der Waals surface area contributed by atoms with Crippen molar-refractivity contribution in [3.05, 3.63) is 39.7 Å². The number of likely N-dealkylation sites (tertiary alicyclic amines) is 1. The predicted molar refractivity (Wildman–Crippen MR) is 96.2 cm³/mol. The number of halogens is 1. The zero-order valence-corrected chi connectivity index (χ0v) is 15.8. The van der Waals surface area contributed by atoms with Crippen molar-refractivity contribution in [1.82, 2.24) is 14.8 Å². The summed E-state index contributed by atoms with van der Waals surface area (Å²) in [4.78, 5) is 31.4. The van der Waals surface area contributed by atoms with Gasteiger partial charge in [-0.05, 0) is 24.6 Å². The van der Waals surface area contributed by atoms with Crippen molar-refractivity contribution in [2.75, 3.05) is 19.6 Å². The monoisotopic (exact) mass is 419 g/mol. The molecule has 8 heteroatoms. The number of carboxylic acid groups (broad SMARTS) is 1. The normalized spacial score (nSPS) is 17.2. The zero-order chi connectivity index (χ0) is 18.4. The van der Waals surface area contributed by atoms with Crippen molar-refractivity contribution in [2.45, 2.75) is 20.0 Å². The second-order valence-corrected chi connectivity index (χ2v) is 7.63. The number of carbonyl (C=O) groups excluding carboxylic acids is 1. The Bertz CT molecular complexity index is 865. The molecule has 0 radical (unpaired) electrons. The molecule has 2 aliphatic heterocycles. The number of nitrogens with zero attached hydrogens (tertiary/aromatic N) is 3. The Kier molecular flexibility index (Phi) is 4.32. The van der Waals surface area contributed by atoms with E-state index < -0.39 is 5.97 Å². The molecule has 1 amide bonds. The van der Waals surface area contributed by atoms with E-state index in [-0.39, 0.29) is 18.4 Å². The van der Waals surface area contributed by atoms with Gasteiger partial charge in [-0.25, -0.2) is 4.98 Å². The van der Waals surface area contributed by atoms with Gasteiger partial charge in [0, 0.05) is 23.1 Å². The molecule has 0 unspecified atom stereocenters. The molecule has 0 atom stereocenters. The molecular weight excluding hydrogens is 402 g/mol. The van der Waals surface area contributed by atoms with Crippen LogP contribution >= 0.6 is 15.9 Å². The number of carboxylic acids is 1. The molecule has 1 saturated heterocycles. The van der Waals surface area contributed by atoms with Gasteiger partial charge in [-0.2, -0.15) is 0 Å². The fraction of sp³-hybridized carbons (Fsp3) is 0.389. The van der Waals surface area contributed by atoms with Crippen LogP contribution in [0.25, 0.3) is 11.5 Å². The van der Waals surface area contributed by atoms with Gasteiger partial charge in [0.25, 0.3) is 0 Å². The topological polar surface area (TPSA) is 86.9 Å². The third-order valence-electron chi connectivity index (χ3n) is 4.97. The molecule has 1 N–H and O–H groups in total. The van der Waals surface area contributed by atoms with Gasteiger partial charge in [-0.3, -0.25) is 14.5 Å². The van der Waals surface area contributed by atoms with Gasteiger partial charge in [0.2, 0.25) is 11.8 Å². The molecule has 1 aromatic carbocycles. The van der Waals surface area contributed by atoms with Crippen LogP contribution in [0.2, 0.25) is 0 Å². The molecule has 26 heavy (non-hydrogen) atoms. The van der Waals surface area contributed by atoms with Crippen LogP contribution in [0.5, 0.6) is 0 Å². The minimum absolute atomic E-state index is 0.0257. The number of fused-ring (bicyclic) bond motifs is 1. The third-order valence-corrected chi connectivity index (χ3v) is 5.83. The van der Waals surface area contributed by atoms with E-state index in [1.165, 1.54) is 0 Å². The number of hydrogen-bond donors (Lipinski definition) is 1. The van der Waals surface area contributed by atoms with Crippen LogP contribution in [0.1, 0.15) is 17.0 Å². The summed E-state index contributed by atoms with van der Waals surface area (Å²) in [5.41, 5.74) is 2.79. The number of amides is 1. The first-order valence-corrected chi connectivity index (χ1v) is 9.18. The quantitative estimate of drug-likeness (QED) is 0.817. The Balaban J connectivity index is 1.40. The summed E-state index contributed by atoms with van der Waals surface area (Å²) >= 11 is 3.51. The number of benzene rings is 1. The Hall–Kier alpha value is -2.19. The summed E-state index contributed by atoms with van der Waals surface area (Å²) < 4.78 is 6.90. The molecular formula is C18H18BrN3O4. The van der Waals surface area contributed by atoms with Crippen LogP contribution < -0.4 is 0 Å². The van der Waals surface area contributed by atoms with E-state index in [4.69, 9.17) is 9.52 Å². The number of aliphatic carboxylic acids is 1. The van der Waals surface area contributed by atoms with Gasteiger partial charge in [-0.1, -0.05) is 22.0 Å². The van der Waals surface area contributed by atoms with E-state index in [9.17, 15) is 9.59 Å². The molecule has 2 aliphatic rings. The highest BCUT2D eigenvalue weighted by Crippen LogP contribution is 2.32. The third kappa shape index (κ3) is 3.03. The van der Waals surface area contributed by atoms with E-state index in [0.29, 0.717) is 32.1 Å². The fourth-order valence-electron chi connectivity index (χ4n) is 3.32. The molecule has 0 bridgehead atoms. The number of oxazole rings is 1. The maximum Gasteiger partial charge on any atom is 0.309 e. The average Bonchev–Trinajstić information content (AvgIpc) is 3.11. The van der Waals surface area contributed by atoms with Crippen LogP contribution in [0.4, 0.5) is 0 Å². The number of carbonyl (C=O) groups is 2. The first kappa shape index (κ1) is 17.2. The summed E-state index contributed by atoms with van der Waals surface area (Å²) in [6, 6.07) is 5.88. The highest BCUT2D eigenvalue weighted by Gasteiger charge is 2.36. The molecule has 0 spiro atoms. The maximum atomic E-state index is 12.4. The Morgan fingerprint density at radius 1 is 1.35 bits per heavy atom. The highest BCUT2D eigenvalue weighted by atomic mass is 79.9. The van der Waals surface area contributed by atoms with Gasteiger partial charge in [0.05, 0.1) is 25.6 Å². The zero-order valence-electron chi connectivity index (χ0n) is 14.2. The number of hydrogen-bond acceptors (Lipinski definition) is 5. The maximum absolute atomic E-state index is 12.4. The van der Waals surface area contributed by atoms with Crippen LogP contribution in [-0.2, 0) is 22.7 Å². The first-order valence-electron chi connectivity index (χ1n) is 8.39. The molecule has 0 aliphatic carbocycles. The number of rotatable bonds is 4. The van der Waals surface area contributed by atoms with Gasteiger partial charge in [-0.15, -0.1) is 0 Å². The van der Waals surface area contributed by atoms with Crippen LogP contribution in [0.15, 0.2) is 27.1 Å². The lowest BCUT2D eigenvalue weighted by Gasteiger charge is -2.36. The van der Waals surface area contributed by atoms with Crippen molar-refractivity contribution in [3.8, 4) is 11.5 Å². The summed E-state index contributed by atoms with van der Waals surface area (Å²) in [5.74, 6) is 0.122. The molecule has 0 saturated carbocycles. The molecule has 136 valence electrons. The fourth-order valence-corrected chi connectivity index (χ4v) is 3.68. The minimum Gasteiger partial charge on any atom is -0.481 e. The average molecular weight is 420 g/mol. The van der Waals surface area contributed by atoms with Gasteiger partial charge >= 0.3 is 5.97 Å². The lowest BCUT2D eigenvalue weighted by atomic mass is 10.0. The van der Waals surface area contributed by atoms with E-state index in [1.807, 2.05) is 30.0 Å². The van der Waals surface area contributed by atoms with Crippen molar-refractivity contribution >= 4 is 27.8 Å². The molecule has 2 aromatic rings. The SMILES string of the molecule is Cc1c(Br)cccc1-c1nc2c(o1)CN(C(=O)CN1CC(C(=O)O)C1)C2. The van der Waals surface area contributed by atoms with E-state index >= 15 is 0 Å². The smallest absolute Gasteiger partial charge is 0.309 e. The predicted octanol–water partition coefficient (Wildman–Crippen LogP) is 2.27. The second kappa shape index (κ2) is 6.51. The Labute approximate surface area is 158 Å². The van der Waals surface area contributed by atoms with E-state index in [1.54, 1.807) is 4.90 Å². The lowest BCUT2D eigenvalue weighted by Crippen LogP contribution is -2.53. The van der Waals surface area contributed by atoms with Crippen molar-refractivity contribution in [3.63, 3.8) is 0 Å².